The third-order valence-electron chi connectivity index (χ3n) is 3.74. The van der Waals surface area contributed by atoms with Crippen LogP contribution in [0.15, 0.2) is 42.5 Å². The lowest BCUT2D eigenvalue weighted by Crippen LogP contribution is -2.20. The number of nitrogens with two attached hydrogens (primary N) is 1. The van der Waals surface area contributed by atoms with Crippen LogP contribution in [0, 0.1) is 12.7 Å². The summed E-state index contributed by atoms with van der Waals surface area (Å²) in [5.74, 6) is -0.128. The highest BCUT2D eigenvalue weighted by Crippen LogP contribution is 2.35. The minimum Gasteiger partial charge on any atom is -0.323 e. The third kappa shape index (κ3) is 3.02. The summed E-state index contributed by atoms with van der Waals surface area (Å²) in [5, 5.41) is 0.398. The first-order valence-electron chi connectivity index (χ1n) is 6.80. The quantitative estimate of drug-likeness (QED) is 0.844. The van der Waals surface area contributed by atoms with Crippen LogP contribution in [-0.2, 0) is 0 Å². The molecule has 0 saturated heterocycles. The molecule has 0 aliphatic carbocycles. The number of halogens is 2. The van der Waals surface area contributed by atoms with Crippen LogP contribution in [0.3, 0.4) is 0 Å². The maximum atomic E-state index is 13.5. The van der Waals surface area contributed by atoms with Crippen LogP contribution < -0.4 is 5.73 Å². The zero-order valence-electron chi connectivity index (χ0n) is 11.7. The first-order valence-corrected chi connectivity index (χ1v) is 7.18. The number of hydrogen-bond acceptors (Lipinski definition) is 1. The number of hydrogen-bond donors (Lipinski definition) is 1. The molecule has 0 amide bonds. The molecule has 0 bridgehead atoms. The van der Waals surface area contributed by atoms with Crippen LogP contribution in [0.1, 0.15) is 42.0 Å². The zero-order valence-corrected chi connectivity index (χ0v) is 12.5. The second-order valence-corrected chi connectivity index (χ2v) is 5.48. The highest BCUT2D eigenvalue weighted by atomic mass is 35.5. The summed E-state index contributed by atoms with van der Waals surface area (Å²) in [6.45, 7) is 3.83. The van der Waals surface area contributed by atoms with Gasteiger partial charge < -0.3 is 5.73 Å². The summed E-state index contributed by atoms with van der Waals surface area (Å²) in [6.07, 6.45) is 0.901. The molecule has 1 nitrogen and oxygen atoms in total. The van der Waals surface area contributed by atoms with Gasteiger partial charge >= 0.3 is 0 Å². The molecule has 2 N–H and O–H groups in total. The van der Waals surface area contributed by atoms with E-state index < -0.39 is 0 Å². The fourth-order valence-corrected chi connectivity index (χ4v) is 2.83. The van der Waals surface area contributed by atoms with E-state index in [9.17, 15) is 4.39 Å². The van der Waals surface area contributed by atoms with Gasteiger partial charge in [0.15, 0.2) is 0 Å². The van der Waals surface area contributed by atoms with Gasteiger partial charge in [0.25, 0.3) is 0 Å². The molecule has 0 aliphatic rings. The standard InChI is InChI=1S/C17H19ClFN/c1-3-13(12-7-5-4-6-8-12)17(20)14-9-11(2)16(19)10-15(14)18/h4-10,13,17H,3,20H2,1-2H3. The maximum Gasteiger partial charge on any atom is 0.127 e. The minimum atomic E-state index is -0.293. The van der Waals surface area contributed by atoms with Gasteiger partial charge in [-0.15, -0.1) is 0 Å². The number of benzene rings is 2. The molecule has 0 spiro atoms. The van der Waals surface area contributed by atoms with Gasteiger partial charge in [-0.2, -0.15) is 0 Å². The monoisotopic (exact) mass is 291 g/mol. The van der Waals surface area contributed by atoms with Crippen LogP contribution in [0.25, 0.3) is 0 Å². The van der Waals surface area contributed by atoms with Crippen molar-refractivity contribution in [2.24, 2.45) is 5.73 Å². The molecule has 2 aromatic rings. The number of aryl methyl sites for hydroxylation is 1. The van der Waals surface area contributed by atoms with Crippen molar-refractivity contribution in [1.29, 1.82) is 0 Å². The average molecular weight is 292 g/mol. The van der Waals surface area contributed by atoms with Gasteiger partial charge in [-0.25, -0.2) is 4.39 Å². The van der Waals surface area contributed by atoms with Crippen LogP contribution in [0.4, 0.5) is 4.39 Å². The molecule has 0 aliphatic heterocycles. The topological polar surface area (TPSA) is 26.0 Å². The summed E-state index contributed by atoms with van der Waals surface area (Å²) in [5.41, 5.74) is 8.95. The lowest BCUT2D eigenvalue weighted by atomic mass is 9.85. The normalized spacial score (nSPS) is 14.1. The van der Waals surface area contributed by atoms with Crippen molar-refractivity contribution in [3.05, 3.63) is 70.0 Å². The van der Waals surface area contributed by atoms with Crippen LogP contribution >= 0.6 is 11.6 Å². The smallest absolute Gasteiger partial charge is 0.127 e. The van der Waals surface area contributed by atoms with Crippen molar-refractivity contribution in [1.82, 2.24) is 0 Å². The van der Waals surface area contributed by atoms with Crippen molar-refractivity contribution in [2.45, 2.75) is 32.2 Å². The maximum absolute atomic E-state index is 13.5. The molecule has 3 heteroatoms. The van der Waals surface area contributed by atoms with E-state index >= 15 is 0 Å². The fraction of sp³-hybridized carbons (Fsp3) is 0.294. The van der Waals surface area contributed by atoms with Crippen LogP contribution in [0.5, 0.6) is 0 Å². The van der Waals surface area contributed by atoms with E-state index in [-0.39, 0.29) is 17.8 Å². The molecule has 0 radical (unpaired) electrons. The second kappa shape index (κ2) is 6.38. The summed E-state index contributed by atoms with van der Waals surface area (Å²) >= 11 is 6.16. The predicted octanol–water partition coefficient (Wildman–Crippen LogP) is 4.98. The van der Waals surface area contributed by atoms with Crippen molar-refractivity contribution in [2.75, 3.05) is 0 Å². The largest absolute Gasteiger partial charge is 0.323 e. The molecule has 2 rings (SSSR count). The molecular formula is C17H19ClFN. The molecule has 0 aromatic heterocycles. The highest BCUT2D eigenvalue weighted by Gasteiger charge is 2.22. The van der Waals surface area contributed by atoms with Gasteiger partial charge in [0, 0.05) is 17.0 Å². The van der Waals surface area contributed by atoms with Crippen molar-refractivity contribution >= 4 is 11.6 Å². The van der Waals surface area contributed by atoms with E-state index in [4.69, 9.17) is 17.3 Å². The lowest BCUT2D eigenvalue weighted by Gasteiger charge is -2.25. The zero-order chi connectivity index (χ0) is 14.7. The van der Waals surface area contributed by atoms with Crippen LogP contribution in [0.2, 0.25) is 5.02 Å². The Morgan fingerprint density at radius 3 is 2.45 bits per heavy atom. The SMILES string of the molecule is CCC(c1ccccc1)C(N)c1cc(C)c(F)cc1Cl. The highest BCUT2D eigenvalue weighted by molar-refractivity contribution is 6.31. The van der Waals surface area contributed by atoms with E-state index in [1.165, 1.54) is 11.6 Å². The molecule has 2 atom stereocenters. The Kier molecular flexibility index (Phi) is 4.79. The predicted molar refractivity (Wildman–Crippen MR) is 82.5 cm³/mol. The summed E-state index contributed by atoms with van der Waals surface area (Å²) < 4.78 is 13.5. The van der Waals surface area contributed by atoms with Gasteiger partial charge in [0.05, 0.1) is 0 Å². The molecule has 2 unspecified atom stereocenters. The van der Waals surface area contributed by atoms with E-state index in [1.54, 1.807) is 13.0 Å². The molecule has 20 heavy (non-hydrogen) atoms. The second-order valence-electron chi connectivity index (χ2n) is 5.07. The van der Waals surface area contributed by atoms with E-state index in [0.717, 1.165) is 12.0 Å². The molecule has 106 valence electrons. The van der Waals surface area contributed by atoms with E-state index in [2.05, 4.69) is 19.1 Å². The van der Waals surface area contributed by atoms with Crippen molar-refractivity contribution in [3.63, 3.8) is 0 Å². The van der Waals surface area contributed by atoms with Gasteiger partial charge in [-0.1, -0.05) is 54.9 Å². The number of rotatable bonds is 4. The Balaban J connectivity index is 2.39. The Morgan fingerprint density at radius 1 is 1.20 bits per heavy atom. The third-order valence-corrected chi connectivity index (χ3v) is 4.07. The van der Waals surface area contributed by atoms with E-state index in [1.807, 2.05) is 18.2 Å². The summed E-state index contributed by atoms with van der Waals surface area (Å²) in [4.78, 5) is 0. The molecule has 2 aromatic carbocycles. The summed E-state index contributed by atoms with van der Waals surface area (Å²) in [6, 6.07) is 13.0. The van der Waals surface area contributed by atoms with Crippen LogP contribution in [-0.4, -0.2) is 0 Å². The minimum absolute atomic E-state index is 0.165. The first kappa shape index (κ1) is 15.0. The van der Waals surface area contributed by atoms with Gasteiger partial charge in [0.1, 0.15) is 5.82 Å². The average Bonchev–Trinajstić information content (AvgIpc) is 2.44. The van der Waals surface area contributed by atoms with Gasteiger partial charge in [0.2, 0.25) is 0 Å². The Bertz CT molecular complexity index is 583. The van der Waals surface area contributed by atoms with Gasteiger partial charge in [-0.05, 0) is 36.1 Å². The fourth-order valence-electron chi connectivity index (χ4n) is 2.55. The molecule has 0 fully saturated rings. The lowest BCUT2D eigenvalue weighted by molar-refractivity contribution is 0.537. The molecule has 0 heterocycles. The Hall–Kier alpha value is -1.38. The Labute approximate surface area is 124 Å². The first-order chi connectivity index (χ1) is 9.54. The van der Waals surface area contributed by atoms with Crippen molar-refractivity contribution < 1.29 is 4.39 Å². The summed E-state index contributed by atoms with van der Waals surface area (Å²) in [7, 11) is 0. The van der Waals surface area contributed by atoms with Gasteiger partial charge in [-0.3, -0.25) is 0 Å². The van der Waals surface area contributed by atoms with Crippen molar-refractivity contribution in [3.8, 4) is 0 Å². The Morgan fingerprint density at radius 2 is 1.85 bits per heavy atom. The van der Waals surface area contributed by atoms with E-state index in [0.29, 0.717) is 10.6 Å². The molecular weight excluding hydrogens is 273 g/mol. The molecule has 0 saturated carbocycles.